The smallest absolute Gasteiger partial charge is 0.153 e. The molecule has 0 aliphatic heterocycles. The van der Waals surface area contributed by atoms with Gasteiger partial charge in [-0.25, -0.2) is 0 Å². The lowest BCUT2D eigenvalue weighted by atomic mass is 10.1. The third-order valence-electron chi connectivity index (χ3n) is 2.29. The molecule has 0 N–H and O–H groups in total. The Labute approximate surface area is 96.4 Å². The summed E-state index contributed by atoms with van der Waals surface area (Å²) in [5.41, 5.74) is 3.36. The number of nitrogens with zero attached hydrogens (tertiary/aromatic N) is 4. The van der Waals surface area contributed by atoms with Crippen LogP contribution >= 0.6 is 15.9 Å². The zero-order valence-electron chi connectivity index (χ0n) is 8.82. The Hall–Kier alpha value is -1.23. The summed E-state index contributed by atoms with van der Waals surface area (Å²) in [6.45, 7) is 5.99. The number of hydrogen-bond donors (Lipinski definition) is 0. The van der Waals surface area contributed by atoms with Crippen molar-refractivity contribution in [2.75, 3.05) is 0 Å². The van der Waals surface area contributed by atoms with E-state index in [9.17, 15) is 0 Å². The van der Waals surface area contributed by atoms with Gasteiger partial charge in [0.2, 0.25) is 0 Å². The molecule has 0 aliphatic rings. The summed E-state index contributed by atoms with van der Waals surface area (Å²) in [4.78, 5) is 0. The number of tetrazole rings is 1. The van der Waals surface area contributed by atoms with Crippen LogP contribution in [0.25, 0.3) is 5.69 Å². The molecule has 0 bridgehead atoms. The predicted octanol–water partition coefficient (Wildman–Crippen LogP) is 2.35. The normalized spacial score (nSPS) is 10.7. The molecule has 1 aromatic heterocycles. The van der Waals surface area contributed by atoms with Crippen molar-refractivity contribution in [2.45, 2.75) is 20.8 Å². The molecule has 0 radical (unpaired) electrons. The van der Waals surface area contributed by atoms with E-state index in [0.717, 1.165) is 16.0 Å². The lowest BCUT2D eigenvalue weighted by molar-refractivity contribution is 0.778. The molecule has 0 fully saturated rings. The van der Waals surface area contributed by atoms with Crippen molar-refractivity contribution >= 4 is 15.9 Å². The van der Waals surface area contributed by atoms with Crippen LogP contribution in [0.5, 0.6) is 0 Å². The minimum Gasteiger partial charge on any atom is -0.198 e. The SMILES string of the molecule is Cc1cc(-n2nnnc2C)cc(C)c1Br. The summed E-state index contributed by atoms with van der Waals surface area (Å²) in [5.74, 6) is 0.788. The molecule has 4 nitrogen and oxygen atoms in total. The highest BCUT2D eigenvalue weighted by molar-refractivity contribution is 9.10. The standard InChI is InChI=1S/C10H11BrN4/c1-6-4-9(5-7(2)10(6)11)15-8(3)12-13-14-15/h4-5H,1-3H3. The van der Waals surface area contributed by atoms with E-state index in [2.05, 4.69) is 57.4 Å². The van der Waals surface area contributed by atoms with Crippen LogP contribution in [0.1, 0.15) is 17.0 Å². The highest BCUT2D eigenvalue weighted by Crippen LogP contribution is 2.24. The molecule has 1 aromatic carbocycles. The first-order valence-corrected chi connectivity index (χ1v) is 5.41. The van der Waals surface area contributed by atoms with Gasteiger partial charge in [0, 0.05) is 4.47 Å². The lowest BCUT2D eigenvalue weighted by Crippen LogP contribution is -2.00. The van der Waals surface area contributed by atoms with Crippen molar-refractivity contribution in [3.63, 3.8) is 0 Å². The fourth-order valence-electron chi connectivity index (χ4n) is 1.52. The van der Waals surface area contributed by atoms with Gasteiger partial charge in [0.1, 0.15) is 0 Å². The molecular weight excluding hydrogens is 256 g/mol. The van der Waals surface area contributed by atoms with E-state index >= 15 is 0 Å². The van der Waals surface area contributed by atoms with Gasteiger partial charge in [-0.2, -0.15) is 4.68 Å². The second-order valence-electron chi connectivity index (χ2n) is 3.53. The highest BCUT2D eigenvalue weighted by Gasteiger charge is 2.07. The third-order valence-corrected chi connectivity index (χ3v) is 3.54. The topological polar surface area (TPSA) is 43.6 Å². The average Bonchev–Trinajstić information content (AvgIpc) is 2.60. The number of aromatic nitrogens is 4. The summed E-state index contributed by atoms with van der Waals surface area (Å²) in [6.07, 6.45) is 0. The molecule has 0 amide bonds. The van der Waals surface area contributed by atoms with Crippen LogP contribution in [0.4, 0.5) is 0 Å². The maximum Gasteiger partial charge on any atom is 0.153 e. The Kier molecular flexibility index (Phi) is 2.56. The number of benzene rings is 1. The molecule has 0 atom stereocenters. The van der Waals surface area contributed by atoms with Gasteiger partial charge < -0.3 is 0 Å². The molecule has 0 unspecified atom stereocenters. The molecule has 0 saturated carbocycles. The molecule has 2 aromatic rings. The number of hydrogen-bond acceptors (Lipinski definition) is 3. The zero-order chi connectivity index (χ0) is 11.0. The Bertz CT molecular complexity index is 481. The van der Waals surface area contributed by atoms with Gasteiger partial charge in [0.15, 0.2) is 5.82 Å². The fourth-order valence-corrected chi connectivity index (χ4v) is 1.74. The van der Waals surface area contributed by atoms with Crippen molar-refractivity contribution in [2.24, 2.45) is 0 Å². The monoisotopic (exact) mass is 266 g/mol. The Morgan fingerprint density at radius 3 is 2.20 bits per heavy atom. The fraction of sp³-hybridized carbons (Fsp3) is 0.300. The second kappa shape index (κ2) is 3.73. The van der Waals surface area contributed by atoms with Crippen molar-refractivity contribution in [1.29, 1.82) is 0 Å². The van der Waals surface area contributed by atoms with E-state index in [1.54, 1.807) is 4.68 Å². The number of rotatable bonds is 1. The van der Waals surface area contributed by atoms with Crippen LogP contribution in [0.3, 0.4) is 0 Å². The van der Waals surface area contributed by atoms with Crippen molar-refractivity contribution in [3.8, 4) is 5.69 Å². The summed E-state index contributed by atoms with van der Waals surface area (Å²) in [7, 11) is 0. The average molecular weight is 267 g/mol. The van der Waals surface area contributed by atoms with Crippen LogP contribution in [-0.2, 0) is 0 Å². The zero-order valence-corrected chi connectivity index (χ0v) is 10.4. The van der Waals surface area contributed by atoms with Gasteiger partial charge in [-0.05, 0) is 54.5 Å². The van der Waals surface area contributed by atoms with Gasteiger partial charge in [-0.15, -0.1) is 5.10 Å². The minimum atomic E-state index is 0.788. The van der Waals surface area contributed by atoms with Gasteiger partial charge in [-0.1, -0.05) is 15.9 Å². The molecule has 15 heavy (non-hydrogen) atoms. The Balaban J connectivity index is 2.60. The Morgan fingerprint density at radius 2 is 1.73 bits per heavy atom. The molecule has 0 spiro atoms. The minimum absolute atomic E-state index is 0.788. The van der Waals surface area contributed by atoms with Crippen molar-refractivity contribution in [1.82, 2.24) is 20.2 Å². The van der Waals surface area contributed by atoms with Gasteiger partial charge in [0.05, 0.1) is 5.69 Å². The van der Waals surface area contributed by atoms with Crippen LogP contribution in [0.15, 0.2) is 16.6 Å². The summed E-state index contributed by atoms with van der Waals surface area (Å²) >= 11 is 3.53. The summed E-state index contributed by atoms with van der Waals surface area (Å²) in [5, 5.41) is 11.4. The van der Waals surface area contributed by atoms with Crippen molar-refractivity contribution in [3.05, 3.63) is 33.6 Å². The molecule has 5 heteroatoms. The van der Waals surface area contributed by atoms with Crippen molar-refractivity contribution < 1.29 is 0 Å². The van der Waals surface area contributed by atoms with Crippen LogP contribution in [0, 0.1) is 20.8 Å². The van der Waals surface area contributed by atoms with E-state index in [1.165, 1.54) is 11.1 Å². The molecule has 0 aliphatic carbocycles. The van der Waals surface area contributed by atoms with Crippen LogP contribution < -0.4 is 0 Å². The highest BCUT2D eigenvalue weighted by atomic mass is 79.9. The quantitative estimate of drug-likeness (QED) is 0.796. The number of aryl methyl sites for hydroxylation is 3. The van der Waals surface area contributed by atoms with E-state index in [-0.39, 0.29) is 0 Å². The molecule has 78 valence electrons. The summed E-state index contributed by atoms with van der Waals surface area (Å²) in [6, 6.07) is 4.11. The van der Waals surface area contributed by atoms with Gasteiger partial charge in [0.25, 0.3) is 0 Å². The maximum atomic E-state index is 3.94. The maximum absolute atomic E-state index is 3.94. The van der Waals surface area contributed by atoms with E-state index in [0.29, 0.717) is 0 Å². The molecule has 1 heterocycles. The largest absolute Gasteiger partial charge is 0.198 e. The third kappa shape index (κ3) is 1.79. The first-order chi connectivity index (χ1) is 7.09. The van der Waals surface area contributed by atoms with E-state index in [1.807, 2.05) is 6.92 Å². The van der Waals surface area contributed by atoms with Crippen LogP contribution in [-0.4, -0.2) is 20.2 Å². The first-order valence-electron chi connectivity index (χ1n) is 4.61. The number of halogens is 1. The van der Waals surface area contributed by atoms with Gasteiger partial charge >= 0.3 is 0 Å². The van der Waals surface area contributed by atoms with E-state index in [4.69, 9.17) is 0 Å². The first kappa shape index (κ1) is 10.3. The molecule has 0 saturated heterocycles. The molecular formula is C10H11BrN4. The summed E-state index contributed by atoms with van der Waals surface area (Å²) < 4.78 is 2.86. The van der Waals surface area contributed by atoms with Crippen LogP contribution in [0.2, 0.25) is 0 Å². The second-order valence-corrected chi connectivity index (χ2v) is 4.32. The lowest BCUT2D eigenvalue weighted by Gasteiger charge is -2.07. The predicted molar refractivity (Wildman–Crippen MR) is 61.1 cm³/mol. The van der Waals surface area contributed by atoms with Gasteiger partial charge in [-0.3, -0.25) is 0 Å². The Morgan fingerprint density at radius 1 is 1.13 bits per heavy atom. The molecule has 2 rings (SSSR count). The van der Waals surface area contributed by atoms with E-state index < -0.39 is 0 Å².